The van der Waals surface area contributed by atoms with Gasteiger partial charge in [0.2, 0.25) is 0 Å². The molecule has 1 unspecified atom stereocenters. The van der Waals surface area contributed by atoms with E-state index in [-0.39, 0.29) is 0 Å². The van der Waals surface area contributed by atoms with Crippen LogP contribution >= 0.6 is 11.8 Å². The first-order valence-electron chi connectivity index (χ1n) is 7.55. The van der Waals surface area contributed by atoms with Gasteiger partial charge in [-0.25, -0.2) is 0 Å². The number of rotatable bonds is 6. The number of benzene rings is 2. The highest BCUT2D eigenvalue weighted by atomic mass is 32.2. The van der Waals surface area contributed by atoms with Crippen molar-refractivity contribution in [1.29, 1.82) is 0 Å². The van der Waals surface area contributed by atoms with Crippen molar-refractivity contribution in [2.45, 2.75) is 17.4 Å². The van der Waals surface area contributed by atoms with Crippen molar-refractivity contribution in [3.05, 3.63) is 65.7 Å². The Morgan fingerprint density at radius 1 is 1.05 bits per heavy atom. The first-order chi connectivity index (χ1) is 10.4. The number of nitrogens with zero attached hydrogens (tertiary/aromatic N) is 1. The second-order valence-corrected chi connectivity index (χ2v) is 6.62. The zero-order valence-corrected chi connectivity index (χ0v) is 13.1. The van der Waals surface area contributed by atoms with Gasteiger partial charge in [0.1, 0.15) is 0 Å². The molecule has 3 heteroatoms. The van der Waals surface area contributed by atoms with E-state index in [4.69, 9.17) is 5.73 Å². The lowest BCUT2D eigenvalue weighted by Crippen LogP contribution is -2.33. The largest absolute Gasteiger partial charge is 0.329 e. The van der Waals surface area contributed by atoms with Crippen LogP contribution in [0, 0.1) is 0 Å². The van der Waals surface area contributed by atoms with Crippen molar-refractivity contribution >= 4 is 11.8 Å². The topological polar surface area (TPSA) is 29.3 Å². The summed E-state index contributed by atoms with van der Waals surface area (Å²) in [5.74, 6) is 1.82. The first-order valence-corrected chi connectivity index (χ1v) is 8.53. The van der Waals surface area contributed by atoms with Crippen LogP contribution in [0.15, 0.2) is 59.5 Å². The molecule has 3 rings (SSSR count). The van der Waals surface area contributed by atoms with E-state index in [1.54, 1.807) is 0 Å². The second-order valence-electron chi connectivity index (χ2n) is 5.56. The maximum atomic E-state index is 5.81. The molecule has 1 aliphatic heterocycles. The highest BCUT2D eigenvalue weighted by molar-refractivity contribution is 7.99. The molecule has 0 aliphatic carbocycles. The molecule has 2 aromatic rings. The van der Waals surface area contributed by atoms with E-state index in [2.05, 4.69) is 59.5 Å². The molecular formula is C18H22N2S. The van der Waals surface area contributed by atoms with Gasteiger partial charge in [0, 0.05) is 42.7 Å². The summed E-state index contributed by atoms with van der Waals surface area (Å²) in [5.41, 5.74) is 8.68. The highest BCUT2D eigenvalue weighted by Crippen LogP contribution is 2.39. The van der Waals surface area contributed by atoms with Gasteiger partial charge in [-0.05, 0) is 17.2 Å². The summed E-state index contributed by atoms with van der Waals surface area (Å²) in [7, 11) is 0. The lowest BCUT2D eigenvalue weighted by molar-refractivity contribution is 0.261. The van der Waals surface area contributed by atoms with Crippen LogP contribution < -0.4 is 5.73 Å². The van der Waals surface area contributed by atoms with Gasteiger partial charge in [0.05, 0.1) is 0 Å². The summed E-state index contributed by atoms with van der Waals surface area (Å²) < 4.78 is 0. The van der Waals surface area contributed by atoms with Crippen LogP contribution in [0.4, 0.5) is 0 Å². The lowest BCUT2D eigenvalue weighted by Gasteiger charge is -2.25. The average Bonchev–Trinajstić information content (AvgIpc) is 2.92. The number of hydrogen-bond acceptors (Lipinski definition) is 3. The minimum atomic E-state index is 0.626. The summed E-state index contributed by atoms with van der Waals surface area (Å²) in [6, 6.07) is 19.5. The molecule has 2 aromatic carbocycles. The van der Waals surface area contributed by atoms with Gasteiger partial charge in [-0.1, -0.05) is 48.5 Å². The molecule has 1 aliphatic rings. The van der Waals surface area contributed by atoms with E-state index in [0.29, 0.717) is 12.5 Å². The number of hydrogen-bond donors (Lipinski definition) is 1. The molecule has 1 heterocycles. The highest BCUT2D eigenvalue weighted by Gasteiger charge is 2.24. The van der Waals surface area contributed by atoms with E-state index in [1.165, 1.54) is 21.8 Å². The Morgan fingerprint density at radius 3 is 2.62 bits per heavy atom. The number of thioether (sulfide) groups is 1. The van der Waals surface area contributed by atoms with Crippen molar-refractivity contribution in [3.8, 4) is 0 Å². The predicted octanol–water partition coefficient (Wildman–Crippen LogP) is 3.34. The number of nitrogens with two attached hydrogens (primary N) is 1. The SMILES string of the molecule is NCCN(Cc1ccccc1)CC1CSc2ccccc21. The van der Waals surface area contributed by atoms with Crippen molar-refractivity contribution in [3.63, 3.8) is 0 Å². The molecule has 0 saturated heterocycles. The third-order valence-electron chi connectivity index (χ3n) is 3.97. The van der Waals surface area contributed by atoms with E-state index in [1.807, 2.05) is 11.8 Å². The summed E-state index contributed by atoms with van der Waals surface area (Å²) in [5, 5.41) is 0. The van der Waals surface area contributed by atoms with Gasteiger partial charge in [0.15, 0.2) is 0 Å². The van der Waals surface area contributed by atoms with E-state index < -0.39 is 0 Å². The number of fused-ring (bicyclic) bond motifs is 1. The maximum Gasteiger partial charge on any atom is 0.0234 e. The van der Waals surface area contributed by atoms with Gasteiger partial charge < -0.3 is 5.73 Å². The third kappa shape index (κ3) is 3.67. The minimum absolute atomic E-state index is 0.626. The molecule has 21 heavy (non-hydrogen) atoms. The zero-order chi connectivity index (χ0) is 14.5. The van der Waals surface area contributed by atoms with Gasteiger partial charge in [0.25, 0.3) is 0 Å². The third-order valence-corrected chi connectivity index (χ3v) is 5.22. The molecule has 0 aromatic heterocycles. The molecule has 0 amide bonds. The lowest BCUT2D eigenvalue weighted by atomic mass is 10.0. The van der Waals surface area contributed by atoms with Crippen LogP contribution in [0.2, 0.25) is 0 Å². The predicted molar refractivity (Wildman–Crippen MR) is 90.7 cm³/mol. The van der Waals surface area contributed by atoms with Gasteiger partial charge in [-0.3, -0.25) is 4.90 Å². The fourth-order valence-electron chi connectivity index (χ4n) is 2.95. The van der Waals surface area contributed by atoms with Crippen molar-refractivity contribution in [1.82, 2.24) is 4.90 Å². The van der Waals surface area contributed by atoms with Crippen molar-refractivity contribution < 1.29 is 0 Å². The summed E-state index contributed by atoms with van der Waals surface area (Å²) in [6.07, 6.45) is 0. The molecule has 0 bridgehead atoms. The maximum absolute atomic E-state index is 5.81. The Labute approximate surface area is 131 Å². The Kier molecular flexibility index (Phi) is 4.96. The molecule has 0 fully saturated rings. The van der Waals surface area contributed by atoms with Crippen LogP contribution in [0.5, 0.6) is 0 Å². The normalized spacial score (nSPS) is 17.1. The molecule has 0 spiro atoms. The zero-order valence-electron chi connectivity index (χ0n) is 12.2. The van der Waals surface area contributed by atoms with Crippen LogP contribution in [0.3, 0.4) is 0 Å². The summed E-state index contributed by atoms with van der Waals surface area (Å²) in [4.78, 5) is 3.94. The second kappa shape index (κ2) is 7.12. The molecule has 110 valence electrons. The van der Waals surface area contributed by atoms with Crippen molar-refractivity contribution in [2.75, 3.05) is 25.4 Å². The minimum Gasteiger partial charge on any atom is -0.329 e. The fraction of sp³-hybridized carbons (Fsp3) is 0.333. The van der Waals surface area contributed by atoms with Gasteiger partial charge in [-0.2, -0.15) is 0 Å². The first kappa shape index (κ1) is 14.6. The van der Waals surface area contributed by atoms with Crippen LogP contribution in [0.25, 0.3) is 0 Å². The van der Waals surface area contributed by atoms with Gasteiger partial charge >= 0.3 is 0 Å². The molecular weight excluding hydrogens is 276 g/mol. The molecule has 2 nitrogen and oxygen atoms in total. The molecule has 1 atom stereocenters. The Morgan fingerprint density at radius 2 is 1.81 bits per heavy atom. The Hall–Kier alpha value is -1.29. The Balaban J connectivity index is 1.68. The van der Waals surface area contributed by atoms with Gasteiger partial charge in [-0.15, -0.1) is 11.8 Å². The quantitative estimate of drug-likeness (QED) is 0.887. The Bertz CT molecular complexity index is 570. The van der Waals surface area contributed by atoms with Crippen molar-refractivity contribution in [2.24, 2.45) is 5.73 Å². The molecule has 2 N–H and O–H groups in total. The summed E-state index contributed by atoms with van der Waals surface area (Å²) >= 11 is 1.98. The van der Waals surface area contributed by atoms with E-state index in [9.17, 15) is 0 Å². The van der Waals surface area contributed by atoms with Crippen LogP contribution in [-0.2, 0) is 6.54 Å². The fourth-order valence-corrected chi connectivity index (χ4v) is 4.19. The molecule has 0 saturated carbocycles. The smallest absolute Gasteiger partial charge is 0.0234 e. The average molecular weight is 298 g/mol. The van der Waals surface area contributed by atoms with E-state index in [0.717, 1.165) is 19.6 Å². The van der Waals surface area contributed by atoms with E-state index >= 15 is 0 Å². The summed E-state index contributed by atoms with van der Waals surface area (Å²) in [6.45, 7) is 3.75. The van der Waals surface area contributed by atoms with Crippen LogP contribution in [0.1, 0.15) is 17.0 Å². The standard InChI is InChI=1S/C18H22N2S/c19-10-11-20(12-15-6-2-1-3-7-15)13-16-14-21-18-9-5-4-8-17(16)18/h1-9,16H,10-14,19H2. The monoisotopic (exact) mass is 298 g/mol. The molecule has 0 radical (unpaired) electrons. The van der Waals surface area contributed by atoms with Crippen LogP contribution in [-0.4, -0.2) is 30.3 Å².